The van der Waals surface area contributed by atoms with Crippen molar-refractivity contribution in [3.05, 3.63) is 243 Å². The Morgan fingerprint density at radius 3 is 1.12 bits per heavy atom. The molecule has 0 aliphatic heterocycles. The molecule has 0 amide bonds. The molecule has 10 rings (SSSR count). The van der Waals surface area contributed by atoms with Crippen LogP contribution in [-0.4, -0.2) is 0 Å². The SMILES string of the molecule is c1ccc(-c2ccc(N(c3ccccc3)c3ccc(N(c4ccccc4)c4ccc(-c5cccc6ccc(-c7cccc8ccccc78)cc56)cc4)cc3)cc2)cc1. The van der Waals surface area contributed by atoms with Gasteiger partial charge >= 0.3 is 0 Å². The van der Waals surface area contributed by atoms with Gasteiger partial charge in [-0.3, -0.25) is 0 Å². The lowest BCUT2D eigenvalue weighted by Gasteiger charge is -2.28. The van der Waals surface area contributed by atoms with Crippen LogP contribution in [0.1, 0.15) is 0 Å². The van der Waals surface area contributed by atoms with Gasteiger partial charge in [-0.05, 0) is 134 Å². The fourth-order valence-corrected chi connectivity index (χ4v) is 8.19. The predicted octanol–water partition coefficient (Wildman–Crippen LogP) is 15.9. The van der Waals surface area contributed by atoms with E-state index in [-0.39, 0.29) is 0 Å². The molecule has 274 valence electrons. The average molecular weight is 741 g/mol. The maximum atomic E-state index is 2.36. The van der Waals surface area contributed by atoms with E-state index in [4.69, 9.17) is 0 Å². The van der Waals surface area contributed by atoms with E-state index in [1.54, 1.807) is 0 Å². The van der Waals surface area contributed by atoms with Crippen LogP contribution in [0, 0.1) is 0 Å². The molecule has 2 heteroatoms. The predicted molar refractivity (Wildman–Crippen MR) is 247 cm³/mol. The molecule has 0 heterocycles. The van der Waals surface area contributed by atoms with Gasteiger partial charge in [0.1, 0.15) is 0 Å². The van der Waals surface area contributed by atoms with E-state index < -0.39 is 0 Å². The second-order valence-electron chi connectivity index (χ2n) is 14.6. The van der Waals surface area contributed by atoms with Crippen molar-refractivity contribution in [1.82, 2.24) is 0 Å². The summed E-state index contributed by atoms with van der Waals surface area (Å²) in [5, 5.41) is 5.00. The van der Waals surface area contributed by atoms with Crippen LogP contribution < -0.4 is 9.80 Å². The first-order valence-electron chi connectivity index (χ1n) is 19.8. The first-order valence-corrected chi connectivity index (χ1v) is 19.8. The molecule has 0 atom stereocenters. The third-order valence-electron chi connectivity index (χ3n) is 11.0. The van der Waals surface area contributed by atoms with Crippen LogP contribution in [0.15, 0.2) is 243 Å². The average Bonchev–Trinajstić information content (AvgIpc) is 3.31. The van der Waals surface area contributed by atoms with Gasteiger partial charge in [0.05, 0.1) is 0 Å². The molecule has 0 aliphatic rings. The van der Waals surface area contributed by atoms with Gasteiger partial charge in [0, 0.05) is 34.1 Å². The minimum atomic E-state index is 1.08. The Bertz CT molecular complexity index is 2950. The number of benzene rings is 10. The quantitative estimate of drug-likeness (QED) is 0.145. The fraction of sp³-hybridized carbons (Fsp3) is 0. The van der Waals surface area contributed by atoms with Gasteiger partial charge in [-0.25, -0.2) is 0 Å². The van der Waals surface area contributed by atoms with Gasteiger partial charge in [-0.1, -0.05) is 164 Å². The molecular formula is C56H40N2. The highest BCUT2D eigenvalue weighted by molar-refractivity contribution is 6.03. The van der Waals surface area contributed by atoms with Gasteiger partial charge in [0.25, 0.3) is 0 Å². The number of anilines is 6. The second kappa shape index (κ2) is 15.5. The number of rotatable bonds is 9. The zero-order chi connectivity index (χ0) is 38.7. The maximum absolute atomic E-state index is 2.36. The Balaban J connectivity index is 0.997. The van der Waals surface area contributed by atoms with E-state index in [1.807, 2.05) is 0 Å². The molecule has 0 aromatic heterocycles. The van der Waals surface area contributed by atoms with E-state index in [0.717, 1.165) is 34.1 Å². The molecule has 0 spiro atoms. The summed E-state index contributed by atoms with van der Waals surface area (Å²) in [6.45, 7) is 0. The first kappa shape index (κ1) is 34.8. The van der Waals surface area contributed by atoms with Gasteiger partial charge in [0.2, 0.25) is 0 Å². The fourth-order valence-electron chi connectivity index (χ4n) is 8.19. The van der Waals surface area contributed by atoms with E-state index in [0.29, 0.717) is 0 Å². The summed E-state index contributed by atoms with van der Waals surface area (Å²) >= 11 is 0. The van der Waals surface area contributed by atoms with Crippen LogP contribution in [0.3, 0.4) is 0 Å². The minimum Gasteiger partial charge on any atom is -0.311 e. The molecule has 0 saturated heterocycles. The lowest BCUT2D eigenvalue weighted by Crippen LogP contribution is -2.12. The van der Waals surface area contributed by atoms with Gasteiger partial charge < -0.3 is 9.80 Å². The summed E-state index contributed by atoms with van der Waals surface area (Å²) in [6.07, 6.45) is 0. The highest BCUT2D eigenvalue weighted by atomic mass is 15.2. The third kappa shape index (κ3) is 6.78. The number of hydrogen-bond acceptors (Lipinski definition) is 2. The van der Waals surface area contributed by atoms with Crippen LogP contribution in [0.25, 0.3) is 54.9 Å². The monoisotopic (exact) mass is 740 g/mol. The number of nitrogens with zero attached hydrogens (tertiary/aromatic N) is 2. The number of fused-ring (bicyclic) bond motifs is 2. The molecule has 0 saturated carbocycles. The Kier molecular flexibility index (Phi) is 9.27. The Morgan fingerprint density at radius 1 is 0.207 bits per heavy atom. The molecule has 2 nitrogen and oxygen atoms in total. The van der Waals surface area contributed by atoms with Crippen molar-refractivity contribution in [3.8, 4) is 33.4 Å². The second-order valence-corrected chi connectivity index (χ2v) is 14.6. The molecule has 10 aromatic rings. The van der Waals surface area contributed by atoms with Gasteiger partial charge in [0.15, 0.2) is 0 Å². The first-order chi connectivity index (χ1) is 28.8. The van der Waals surface area contributed by atoms with Crippen LogP contribution in [0.5, 0.6) is 0 Å². The maximum Gasteiger partial charge on any atom is 0.0463 e. The van der Waals surface area contributed by atoms with E-state index in [9.17, 15) is 0 Å². The lowest BCUT2D eigenvalue weighted by atomic mass is 9.93. The summed E-state index contributed by atoms with van der Waals surface area (Å²) in [6, 6.07) is 87.2. The third-order valence-corrected chi connectivity index (χ3v) is 11.0. The molecule has 0 radical (unpaired) electrons. The topological polar surface area (TPSA) is 6.48 Å². The molecule has 0 bridgehead atoms. The van der Waals surface area contributed by atoms with Crippen LogP contribution >= 0.6 is 0 Å². The van der Waals surface area contributed by atoms with Crippen molar-refractivity contribution >= 4 is 55.7 Å². The molecular weight excluding hydrogens is 701 g/mol. The Hall–Kier alpha value is -7.68. The van der Waals surface area contributed by atoms with Crippen LogP contribution in [-0.2, 0) is 0 Å². The van der Waals surface area contributed by atoms with Crippen LogP contribution in [0.2, 0.25) is 0 Å². The minimum absolute atomic E-state index is 1.08. The lowest BCUT2D eigenvalue weighted by molar-refractivity contribution is 1.26. The zero-order valence-corrected chi connectivity index (χ0v) is 32.0. The van der Waals surface area contributed by atoms with E-state index >= 15 is 0 Å². The summed E-state index contributed by atoms with van der Waals surface area (Å²) in [4.78, 5) is 4.65. The number of para-hydroxylation sites is 2. The van der Waals surface area contributed by atoms with Crippen LogP contribution in [0.4, 0.5) is 34.1 Å². The van der Waals surface area contributed by atoms with Crippen molar-refractivity contribution < 1.29 is 0 Å². The van der Waals surface area contributed by atoms with Crippen molar-refractivity contribution in [2.45, 2.75) is 0 Å². The highest BCUT2D eigenvalue weighted by Gasteiger charge is 2.17. The van der Waals surface area contributed by atoms with E-state index in [1.165, 1.54) is 54.9 Å². The number of hydrogen-bond donors (Lipinski definition) is 0. The van der Waals surface area contributed by atoms with Crippen molar-refractivity contribution in [2.24, 2.45) is 0 Å². The molecule has 58 heavy (non-hydrogen) atoms. The van der Waals surface area contributed by atoms with Gasteiger partial charge in [-0.2, -0.15) is 0 Å². The normalized spacial score (nSPS) is 11.1. The largest absolute Gasteiger partial charge is 0.311 e. The Morgan fingerprint density at radius 2 is 0.569 bits per heavy atom. The summed E-state index contributed by atoms with van der Waals surface area (Å²) in [5.74, 6) is 0. The zero-order valence-electron chi connectivity index (χ0n) is 32.0. The summed E-state index contributed by atoms with van der Waals surface area (Å²) in [7, 11) is 0. The molecule has 0 fully saturated rings. The Labute approximate surface area is 340 Å². The molecule has 0 unspecified atom stereocenters. The van der Waals surface area contributed by atoms with Crippen molar-refractivity contribution in [3.63, 3.8) is 0 Å². The summed E-state index contributed by atoms with van der Waals surface area (Å²) < 4.78 is 0. The standard InChI is InChI=1S/C56H40N2/c1-4-14-41(15-5-1)42-28-32-49(33-29-42)57(47-19-6-2-7-20-47)51-36-38-52(39-37-51)58(48-21-8-3-9-22-48)50-34-30-45(31-35-50)54-24-13-18-44-26-27-46(40-56(44)54)55-25-12-17-43-16-10-11-23-53(43)55/h1-40H. The smallest absolute Gasteiger partial charge is 0.0463 e. The molecule has 0 aliphatic carbocycles. The van der Waals surface area contributed by atoms with Crippen molar-refractivity contribution in [2.75, 3.05) is 9.80 Å². The highest BCUT2D eigenvalue weighted by Crippen LogP contribution is 2.41. The van der Waals surface area contributed by atoms with E-state index in [2.05, 4.69) is 252 Å². The molecule has 10 aromatic carbocycles. The molecule has 0 N–H and O–H groups in total. The van der Waals surface area contributed by atoms with Gasteiger partial charge in [-0.15, -0.1) is 0 Å². The summed E-state index contributed by atoms with van der Waals surface area (Å²) in [5.41, 5.74) is 13.9. The van der Waals surface area contributed by atoms with Crippen molar-refractivity contribution in [1.29, 1.82) is 0 Å².